The van der Waals surface area contributed by atoms with Crippen LogP contribution in [0.1, 0.15) is 28.7 Å². The third-order valence-corrected chi connectivity index (χ3v) is 4.92. The first kappa shape index (κ1) is 16.3. The van der Waals surface area contributed by atoms with Crippen LogP contribution in [0.4, 0.5) is 5.13 Å². The Morgan fingerprint density at radius 2 is 1.79 bits per heavy atom. The van der Waals surface area contributed by atoms with Crippen molar-refractivity contribution in [3.05, 3.63) is 89.5 Å². The van der Waals surface area contributed by atoms with Crippen molar-refractivity contribution in [3.8, 4) is 5.75 Å². The van der Waals surface area contributed by atoms with Crippen molar-refractivity contribution < 1.29 is 9.72 Å². The van der Waals surface area contributed by atoms with Gasteiger partial charge >= 0.3 is 5.13 Å². The molecule has 0 amide bonds. The van der Waals surface area contributed by atoms with E-state index in [9.17, 15) is 0 Å². The lowest BCUT2D eigenvalue weighted by atomic mass is 9.80. The number of aromatic nitrogens is 1. The zero-order valence-electron chi connectivity index (χ0n) is 13.6. The van der Waals surface area contributed by atoms with Gasteiger partial charge in [-0.3, -0.25) is 5.73 Å². The average molecular weight is 337 g/mol. The topological polar surface area (TPSA) is 49.4 Å². The number of nitrogen functional groups attached to an aromatic ring is 1. The Morgan fingerprint density at radius 3 is 2.33 bits per heavy atom. The minimum Gasteiger partial charge on any atom is -0.497 e. The second kappa shape index (κ2) is 7.32. The van der Waals surface area contributed by atoms with Crippen molar-refractivity contribution in [3.63, 3.8) is 0 Å². The Labute approximate surface area is 146 Å². The number of methoxy groups -OCH3 is 1. The summed E-state index contributed by atoms with van der Waals surface area (Å²) < 4.78 is 5.28. The maximum absolute atomic E-state index is 5.94. The number of aromatic amines is 1. The van der Waals surface area contributed by atoms with Crippen molar-refractivity contribution in [2.24, 2.45) is 0 Å². The number of benzene rings is 2. The number of rotatable bonds is 6. The molecule has 3 N–H and O–H groups in total. The Hall–Kier alpha value is -2.59. The summed E-state index contributed by atoms with van der Waals surface area (Å²) in [6, 6.07) is 18.6. The van der Waals surface area contributed by atoms with Crippen LogP contribution in [-0.4, -0.2) is 7.11 Å². The fourth-order valence-corrected chi connectivity index (χ4v) is 3.65. The molecule has 3 rings (SSSR count). The number of nitrogens with two attached hydrogens (primary N) is 1. The molecule has 1 aromatic heterocycles. The molecule has 2 atom stereocenters. The Kier molecular flexibility index (Phi) is 4.96. The van der Waals surface area contributed by atoms with Gasteiger partial charge in [-0.2, -0.15) is 0 Å². The summed E-state index contributed by atoms with van der Waals surface area (Å²) in [6.45, 7) is 4.08. The van der Waals surface area contributed by atoms with Crippen LogP contribution < -0.4 is 15.5 Å². The van der Waals surface area contributed by atoms with E-state index in [0.717, 1.165) is 11.4 Å². The minimum absolute atomic E-state index is 0.115. The van der Waals surface area contributed by atoms with Gasteiger partial charge in [0.25, 0.3) is 0 Å². The van der Waals surface area contributed by atoms with Crippen LogP contribution in [0.15, 0.2) is 72.6 Å². The first-order chi connectivity index (χ1) is 11.7. The Balaban J connectivity index is 2.08. The van der Waals surface area contributed by atoms with Crippen LogP contribution in [0.2, 0.25) is 0 Å². The second-order valence-electron chi connectivity index (χ2n) is 5.60. The minimum atomic E-state index is 0.115. The van der Waals surface area contributed by atoms with E-state index in [-0.39, 0.29) is 11.8 Å². The summed E-state index contributed by atoms with van der Waals surface area (Å²) in [4.78, 5) is 3.31. The SMILES string of the molecule is C=CC(c1ccccc1)C(c1ccc(OC)cc1)c1csc(N)[nH+]1. The predicted octanol–water partition coefficient (Wildman–Crippen LogP) is 4.25. The fourth-order valence-electron chi connectivity index (χ4n) is 3.01. The lowest BCUT2D eigenvalue weighted by Gasteiger charge is -2.23. The highest BCUT2D eigenvalue weighted by Gasteiger charge is 2.28. The van der Waals surface area contributed by atoms with Gasteiger partial charge in [-0.15, -0.1) is 6.58 Å². The van der Waals surface area contributed by atoms with Gasteiger partial charge in [0, 0.05) is 11.3 Å². The molecule has 2 unspecified atom stereocenters. The summed E-state index contributed by atoms with van der Waals surface area (Å²) in [6.07, 6.45) is 2.01. The molecule has 0 fully saturated rings. The van der Waals surface area contributed by atoms with Crippen molar-refractivity contribution >= 4 is 16.5 Å². The van der Waals surface area contributed by atoms with Gasteiger partial charge in [-0.25, -0.2) is 4.98 Å². The molecule has 122 valence electrons. The number of ether oxygens (including phenoxy) is 1. The van der Waals surface area contributed by atoms with E-state index in [1.165, 1.54) is 22.5 Å². The molecule has 24 heavy (non-hydrogen) atoms. The maximum atomic E-state index is 5.94. The largest absolute Gasteiger partial charge is 0.497 e. The van der Waals surface area contributed by atoms with E-state index in [4.69, 9.17) is 10.5 Å². The molecule has 2 aromatic carbocycles. The third-order valence-electron chi connectivity index (χ3n) is 4.19. The summed E-state index contributed by atoms with van der Waals surface area (Å²) in [5, 5.41) is 2.79. The molecular weight excluding hydrogens is 316 g/mol. The number of nitrogens with one attached hydrogen (secondary N) is 1. The van der Waals surface area contributed by atoms with Crippen LogP contribution >= 0.6 is 11.3 Å². The lowest BCUT2D eigenvalue weighted by molar-refractivity contribution is -0.368. The monoisotopic (exact) mass is 337 g/mol. The normalized spacial score (nSPS) is 13.2. The fraction of sp³-hybridized carbons (Fsp3) is 0.150. The van der Waals surface area contributed by atoms with Gasteiger partial charge in [0.2, 0.25) is 0 Å². The van der Waals surface area contributed by atoms with Crippen molar-refractivity contribution in [1.82, 2.24) is 0 Å². The number of thiazole rings is 1. The van der Waals surface area contributed by atoms with Gasteiger partial charge in [0.1, 0.15) is 11.4 Å². The Morgan fingerprint density at radius 1 is 1.08 bits per heavy atom. The highest BCUT2D eigenvalue weighted by Crippen LogP contribution is 2.39. The molecular formula is C20H21N2OS+. The van der Waals surface area contributed by atoms with Crippen molar-refractivity contribution in [2.45, 2.75) is 11.8 Å². The number of hydrogen-bond donors (Lipinski definition) is 1. The van der Waals surface area contributed by atoms with E-state index in [2.05, 4.69) is 53.3 Å². The Bertz CT molecular complexity index is 796. The standard InChI is InChI=1S/C20H20N2OS/c1-3-17(14-7-5-4-6-8-14)19(18-13-24-20(21)22-18)15-9-11-16(23-2)12-10-15/h3-13,17,19H,1H2,2H3,(H2,21,22)/p+1. The molecule has 0 aliphatic carbocycles. The first-order valence-electron chi connectivity index (χ1n) is 7.80. The van der Waals surface area contributed by atoms with Gasteiger partial charge in [0.15, 0.2) is 0 Å². The highest BCUT2D eigenvalue weighted by atomic mass is 32.1. The smallest absolute Gasteiger partial charge is 0.329 e. The van der Waals surface area contributed by atoms with Crippen LogP contribution in [0, 0.1) is 0 Å². The highest BCUT2D eigenvalue weighted by molar-refractivity contribution is 7.13. The van der Waals surface area contributed by atoms with Gasteiger partial charge in [-0.05, 0) is 23.3 Å². The maximum Gasteiger partial charge on any atom is 0.329 e. The average Bonchev–Trinajstić information content (AvgIpc) is 3.06. The zero-order chi connectivity index (χ0) is 16.9. The first-order valence-corrected chi connectivity index (χ1v) is 8.68. The molecule has 0 saturated carbocycles. The second-order valence-corrected chi connectivity index (χ2v) is 6.51. The van der Waals surface area contributed by atoms with Crippen LogP contribution in [0.5, 0.6) is 5.75 Å². The molecule has 0 spiro atoms. The van der Waals surface area contributed by atoms with E-state index in [0.29, 0.717) is 5.13 Å². The van der Waals surface area contributed by atoms with Gasteiger partial charge in [0.05, 0.1) is 13.0 Å². The molecule has 0 bridgehead atoms. The number of anilines is 1. The van der Waals surface area contributed by atoms with E-state index in [1.54, 1.807) is 7.11 Å². The predicted molar refractivity (Wildman–Crippen MR) is 99.5 cm³/mol. The molecule has 0 aliphatic heterocycles. The third kappa shape index (κ3) is 3.34. The summed E-state index contributed by atoms with van der Waals surface area (Å²) in [7, 11) is 1.68. The number of hydrogen-bond acceptors (Lipinski definition) is 3. The quantitative estimate of drug-likeness (QED) is 0.683. The molecule has 0 saturated heterocycles. The van der Waals surface area contributed by atoms with Gasteiger partial charge in [-0.1, -0.05) is 59.9 Å². The van der Waals surface area contributed by atoms with E-state index in [1.807, 2.05) is 24.3 Å². The van der Waals surface area contributed by atoms with Crippen molar-refractivity contribution in [1.29, 1.82) is 0 Å². The van der Waals surface area contributed by atoms with Crippen LogP contribution in [-0.2, 0) is 0 Å². The van der Waals surface area contributed by atoms with E-state index >= 15 is 0 Å². The molecule has 3 aromatic rings. The van der Waals surface area contributed by atoms with Gasteiger partial charge < -0.3 is 4.74 Å². The molecule has 0 aliphatic rings. The molecule has 1 heterocycles. The molecule has 0 radical (unpaired) electrons. The lowest BCUT2D eigenvalue weighted by Crippen LogP contribution is -2.20. The summed E-state index contributed by atoms with van der Waals surface area (Å²) in [5.41, 5.74) is 9.45. The zero-order valence-corrected chi connectivity index (χ0v) is 14.4. The summed E-state index contributed by atoms with van der Waals surface area (Å²) >= 11 is 1.52. The molecule has 4 heteroatoms. The van der Waals surface area contributed by atoms with E-state index < -0.39 is 0 Å². The summed E-state index contributed by atoms with van der Waals surface area (Å²) in [5.74, 6) is 1.11. The van der Waals surface area contributed by atoms with Crippen LogP contribution in [0.3, 0.4) is 0 Å². The number of allylic oxidation sites excluding steroid dienone is 1. The van der Waals surface area contributed by atoms with Crippen molar-refractivity contribution in [2.75, 3.05) is 12.8 Å². The number of H-pyrrole nitrogens is 1. The van der Waals surface area contributed by atoms with Crippen LogP contribution in [0.25, 0.3) is 0 Å². The molecule has 3 nitrogen and oxygen atoms in total.